The van der Waals surface area contributed by atoms with E-state index in [1.807, 2.05) is 0 Å². The predicted molar refractivity (Wildman–Crippen MR) is 73.6 cm³/mol. The van der Waals surface area contributed by atoms with Crippen LogP contribution in [0.15, 0.2) is 40.8 Å². The van der Waals surface area contributed by atoms with Gasteiger partial charge in [0.2, 0.25) is 0 Å². The number of halogens is 1. The van der Waals surface area contributed by atoms with Gasteiger partial charge in [0.1, 0.15) is 23.9 Å². The van der Waals surface area contributed by atoms with Crippen molar-refractivity contribution in [3.63, 3.8) is 0 Å². The number of methoxy groups -OCH3 is 1. The summed E-state index contributed by atoms with van der Waals surface area (Å²) in [5, 5.41) is 2.65. The molecule has 0 aliphatic rings. The molecule has 1 aromatic carbocycles. The van der Waals surface area contributed by atoms with Gasteiger partial charge < -0.3 is 19.2 Å². The van der Waals surface area contributed by atoms with Gasteiger partial charge in [-0.2, -0.15) is 0 Å². The standard InChI is InChI=1S/C15H16FNO4/c1-19-9-8-17-15(18)14-7-6-13(21-14)10-20-12-4-2-11(16)3-5-12/h2-7H,8-10H2,1H3,(H,17,18). The molecule has 112 valence electrons. The van der Waals surface area contributed by atoms with Crippen molar-refractivity contribution < 1.29 is 23.1 Å². The Bertz CT molecular complexity index is 580. The van der Waals surface area contributed by atoms with Crippen molar-refractivity contribution >= 4 is 5.91 Å². The molecule has 1 aromatic heterocycles. The molecule has 0 radical (unpaired) electrons. The van der Waals surface area contributed by atoms with E-state index in [1.165, 1.54) is 24.3 Å². The van der Waals surface area contributed by atoms with E-state index in [9.17, 15) is 9.18 Å². The Balaban J connectivity index is 1.85. The lowest BCUT2D eigenvalue weighted by Gasteiger charge is -2.04. The summed E-state index contributed by atoms with van der Waals surface area (Å²) in [6, 6.07) is 8.91. The van der Waals surface area contributed by atoms with Crippen molar-refractivity contribution in [2.75, 3.05) is 20.3 Å². The fourth-order valence-corrected chi connectivity index (χ4v) is 1.62. The second kappa shape index (κ2) is 7.44. The van der Waals surface area contributed by atoms with E-state index in [2.05, 4.69) is 5.32 Å². The van der Waals surface area contributed by atoms with E-state index in [0.29, 0.717) is 24.7 Å². The fourth-order valence-electron chi connectivity index (χ4n) is 1.62. The highest BCUT2D eigenvalue weighted by molar-refractivity contribution is 5.91. The van der Waals surface area contributed by atoms with Gasteiger partial charge in [-0.3, -0.25) is 4.79 Å². The van der Waals surface area contributed by atoms with Crippen molar-refractivity contribution in [3.8, 4) is 5.75 Å². The second-order valence-corrected chi connectivity index (χ2v) is 4.26. The number of rotatable bonds is 7. The minimum Gasteiger partial charge on any atom is -0.486 e. The Morgan fingerprint density at radius 2 is 2.00 bits per heavy atom. The first-order valence-electron chi connectivity index (χ1n) is 6.43. The summed E-state index contributed by atoms with van der Waals surface area (Å²) in [5.74, 6) is 0.620. The Morgan fingerprint density at radius 1 is 1.24 bits per heavy atom. The lowest BCUT2D eigenvalue weighted by Crippen LogP contribution is -2.26. The highest BCUT2D eigenvalue weighted by Crippen LogP contribution is 2.15. The van der Waals surface area contributed by atoms with Gasteiger partial charge in [0.25, 0.3) is 5.91 Å². The molecule has 0 spiro atoms. The number of ether oxygens (including phenoxy) is 2. The number of amides is 1. The molecule has 5 nitrogen and oxygen atoms in total. The molecule has 6 heteroatoms. The Hall–Kier alpha value is -2.34. The van der Waals surface area contributed by atoms with Gasteiger partial charge in [-0.15, -0.1) is 0 Å². The zero-order chi connectivity index (χ0) is 15.1. The third-order valence-electron chi connectivity index (χ3n) is 2.67. The molecule has 0 saturated carbocycles. The van der Waals surface area contributed by atoms with Gasteiger partial charge in [0.15, 0.2) is 5.76 Å². The summed E-state index contributed by atoms with van der Waals surface area (Å²) in [5.41, 5.74) is 0. The van der Waals surface area contributed by atoms with Crippen molar-refractivity contribution in [2.24, 2.45) is 0 Å². The average molecular weight is 293 g/mol. The van der Waals surface area contributed by atoms with E-state index in [0.717, 1.165) is 0 Å². The highest BCUT2D eigenvalue weighted by Gasteiger charge is 2.10. The smallest absolute Gasteiger partial charge is 0.287 e. The number of hydrogen-bond acceptors (Lipinski definition) is 4. The number of nitrogens with one attached hydrogen (secondary N) is 1. The minimum absolute atomic E-state index is 0.164. The Kier molecular flexibility index (Phi) is 5.34. The second-order valence-electron chi connectivity index (χ2n) is 4.26. The molecule has 0 fully saturated rings. The monoisotopic (exact) mass is 293 g/mol. The molecule has 0 atom stereocenters. The zero-order valence-corrected chi connectivity index (χ0v) is 11.6. The quantitative estimate of drug-likeness (QED) is 0.796. The summed E-state index contributed by atoms with van der Waals surface area (Å²) >= 11 is 0. The number of benzene rings is 1. The molecule has 0 aliphatic heterocycles. The van der Waals surface area contributed by atoms with Crippen LogP contribution in [0.4, 0.5) is 4.39 Å². The Labute approximate surface area is 121 Å². The first kappa shape index (κ1) is 15.1. The normalized spacial score (nSPS) is 10.4. The van der Waals surface area contributed by atoms with E-state index in [-0.39, 0.29) is 24.1 Å². The van der Waals surface area contributed by atoms with Crippen LogP contribution < -0.4 is 10.1 Å². The first-order valence-corrected chi connectivity index (χ1v) is 6.43. The van der Waals surface area contributed by atoms with Gasteiger partial charge in [-0.25, -0.2) is 4.39 Å². The van der Waals surface area contributed by atoms with Gasteiger partial charge >= 0.3 is 0 Å². The molecule has 0 aliphatic carbocycles. The first-order chi connectivity index (χ1) is 10.2. The summed E-state index contributed by atoms with van der Waals surface area (Å²) in [6.45, 7) is 1.02. The number of carbonyl (C=O) groups excluding carboxylic acids is 1. The van der Waals surface area contributed by atoms with Crippen LogP contribution in [0, 0.1) is 5.82 Å². The molecule has 1 N–H and O–H groups in total. The molecule has 2 aromatic rings. The zero-order valence-electron chi connectivity index (χ0n) is 11.6. The molecule has 1 amide bonds. The number of carbonyl (C=O) groups is 1. The van der Waals surface area contributed by atoms with Crippen molar-refractivity contribution in [1.29, 1.82) is 0 Å². The summed E-state index contributed by atoms with van der Waals surface area (Å²) in [4.78, 5) is 11.7. The van der Waals surface area contributed by atoms with Gasteiger partial charge in [0, 0.05) is 13.7 Å². The molecule has 0 bridgehead atoms. The van der Waals surface area contributed by atoms with Gasteiger partial charge in [-0.05, 0) is 36.4 Å². The molecular formula is C15H16FNO4. The van der Waals surface area contributed by atoms with Crippen LogP contribution in [0.5, 0.6) is 5.75 Å². The molecule has 0 saturated heterocycles. The summed E-state index contributed by atoms with van der Waals surface area (Å²) in [6.07, 6.45) is 0. The third kappa shape index (κ3) is 4.61. The molecular weight excluding hydrogens is 277 g/mol. The van der Waals surface area contributed by atoms with E-state index in [1.54, 1.807) is 19.2 Å². The van der Waals surface area contributed by atoms with Crippen molar-refractivity contribution in [3.05, 3.63) is 53.7 Å². The lowest BCUT2D eigenvalue weighted by atomic mass is 10.3. The van der Waals surface area contributed by atoms with Crippen LogP contribution in [0.3, 0.4) is 0 Å². The minimum atomic E-state index is -0.324. The topological polar surface area (TPSA) is 60.7 Å². The van der Waals surface area contributed by atoms with E-state index >= 15 is 0 Å². The molecule has 2 rings (SSSR count). The maximum Gasteiger partial charge on any atom is 0.287 e. The molecule has 1 heterocycles. The number of furan rings is 1. The predicted octanol–water partition coefficient (Wildman–Crippen LogP) is 2.37. The van der Waals surface area contributed by atoms with Crippen LogP contribution in [0.2, 0.25) is 0 Å². The maximum atomic E-state index is 12.7. The Morgan fingerprint density at radius 3 is 2.71 bits per heavy atom. The molecule has 21 heavy (non-hydrogen) atoms. The summed E-state index contributed by atoms with van der Waals surface area (Å²) in [7, 11) is 1.56. The third-order valence-corrected chi connectivity index (χ3v) is 2.67. The van der Waals surface area contributed by atoms with Gasteiger partial charge in [0.05, 0.1) is 6.61 Å². The van der Waals surface area contributed by atoms with E-state index < -0.39 is 0 Å². The maximum absolute atomic E-state index is 12.7. The largest absolute Gasteiger partial charge is 0.486 e. The van der Waals surface area contributed by atoms with Crippen LogP contribution >= 0.6 is 0 Å². The SMILES string of the molecule is COCCNC(=O)c1ccc(COc2ccc(F)cc2)o1. The van der Waals surface area contributed by atoms with Crippen LogP contribution in [0.1, 0.15) is 16.3 Å². The highest BCUT2D eigenvalue weighted by atomic mass is 19.1. The van der Waals surface area contributed by atoms with Crippen LogP contribution in [-0.2, 0) is 11.3 Å². The van der Waals surface area contributed by atoms with Crippen molar-refractivity contribution in [1.82, 2.24) is 5.32 Å². The number of hydrogen-bond donors (Lipinski definition) is 1. The summed E-state index contributed by atoms with van der Waals surface area (Å²) < 4.78 is 28.4. The van der Waals surface area contributed by atoms with Crippen molar-refractivity contribution in [2.45, 2.75) is 6.61 Å². The van der Waals surface area contributed by atoms with Crippen LogP contribution in [-0.4, -0.2) is 26.2 Å². The van der Waals surface area contributed by atoms with E-state index in [4.69, 9.17) is 13.9 Å². The fraction of sp³-hybridized carbons (Fsp3) is 0.267. The van der Waals surface area contributed by atoms with Crippen LogP contribution in [0.25, 0.3) is 0 Å². The lowest BCUT2D eigenvalue weighted by molar-refractivity contribution is 0.0905. The molecule has 0 unspecified atom stereocenters. The van der Waals surface area contributed by atoms with Gasteiger partial charge in [-0.1, -0.05) is 0 Å². The average Bonchev–Trinajstić information content (AvgIpc) is 2.96.